The van der Waals surface area contributed by atoms with Crippen molar-refractivity contribution < 1.29 is 24.2 Å². The topological polar surface area (TPSA) is 108 Å². The molecule has 43 heavy (non-hydrogen) atoms. The zero-order valence-electron chi connectivity index (χ0n) is 24.2. The number of amides is 2. The van der Waals surface area contributed by atoms with Crippen LogP contribution in [0.25, 0.3) is 0 Å². The minimum Gasteiger partial charge on any atom is -0.478 e. The number of halogens is 1. The number of hydrogen-bond donors (Lipinski definition) is 1. The predicted octanol–water partition coefficient (Wildman–Crippen LogP) is 5.55. The second-order valence-electron chi connectivity index (χ2n) is 11.5. The number of piperidine rings is 1. The number of aromatic carboxylic acids is 1. The molecule has 0 aliphatic carbocycles. The van der Waals surface area contributed by atoms with Gasteiger partial charge in [-0.05, 0) is 74.6 Å². The number of carbonyl (C=O) groups excluding carboxylic acids is 1. The summed E-state index contributed by atoms with van der Waals surface area (Å²) in [5.41, 5.74) is 3.13. The van der Waals surface area contributed by atoms with Gasteiger partial charge in [-0.2, -0.15) is 4.98 Å². The molecule has 3 fully saturated rings. The first-order valence-corrected chi connectivity index (χ1v) is 15.2. The van der Waals surface area contributed by atoms with E-state index in [9.17, 15) is 9.59 Å². The van der Waals surface area contributed by atoms with E-state index in [0.29, 0.717) is 37.1 Å². The molecule has 3 aliphatic heterocycles. The van der Waals surface area contributed by atoms with Gasteiger partial charge < -0.3 is 24.4 Å². The van der Waals surface area contributed by atoms with Crippen LogP contribution in [0.4, 0.5) is 4.79 Å². The number of urea groups is 1. The first-order valence-electron chi connectivity index (χ1n) is 14.8. The monoisotopic (exact) mass is 605 g/mol. The number of likely N-dealkylation sites (tertiary alicyclic amines) is 1. The lowest BCUT2D eigenvalue weighted by Crippen LogP contribution is -2.48. The molecule has 11 heteroatoms. The van der Waals surface area contributed by atoms with Gasteiger partial charge in [0.15, 0.2) is 0 Å². The minimum atomic E-state index is -0.989. The molecule has 1 N–H and O–H groups in total. The number of carboxylic acids is 1. The summed E-state index contributed by atoms with van der Waals surface area (Å²) >= 11 is 6.38. The third kappa shape index (κ3) is 6.61. The van der Waals surface area contributed by atoms with E-state index < -0.39 is 5.97 Å². The lowest BCUT2D eigenvalue weighted by atomic mass is 9.98. The van der Waals surface area contributed by atoms with Crippen molar-refractivity contribution in [1.29, 1.82) is 0 Å². The summed E-state index contributed by atoms with van der Waals surface area (Å²) in [7, 11) is 0. The van der Waals surface area contributed by atoms with Crippen LogP contribution < -0.4 is 4.74 Å². The van der Waals surface area contributed by atoms with Crippen LogP contribution in [0, 0.1) is 6.92 Å². The van der Waals surface area contributed by atoms with E-state index in [1.165, 1.54) is 12.1 Å². The molecule has 10 nitrogen and oxygen atoms in total. The summed E-state index contributed by atoms with van der Waals surface area (Å²) in [6.45, 7) is 6.46. The van der Waals surface area contributed by atoms with E-state index in [1.807, 2.05) is 25.1 Å². The molecule has 0 spiro atoms. The quantitative estimate of drug-likeness (QED) is 0.356. The Hall–Kier alpha value is -3.73. The number of carboxylic acid groups (broad SMARTS) is 1. The molecule has 2 amide bonds. The van der Waals surface area contributed by atoms with E-state index in [-0.39, 0.29) is 35.7 Å². The maximum atomic E-state index is 13.9. The van der Waals surface area contributed by atoms with Gasteiger partial charge in [0.1, 0.15) is 5.75 Å². The summed E-state index contributed by atoms with van der Waals surface area (Å²) < 4.78 is 11.3. The number of aromatic nitrogens is 2. The van der Waals surface area contributed by atoms with Crippen LogP contribution in [0.2, 0.25) is 5.02 Å². The van der Waals surface area contributed by atoms with Crippen molar-refractivity contribution in [2.75, 3.05) is 32.8 Å². The van der Waals surface area contributed by atoms with Gasteiger partial charge in [0.25, 0.3) is 0 Å². The van der Waals surface area contributed by atoms with Gasteiger partial charge in [-0.25, -0.2) is 14.6 Å². The van der Waals surface area contributed by atoms with Gasteiger partial charge in [-0.1, -0.05) is 23.7 Å². The molecule has 0 bridgehead atoms. The molecule has 2 aromatic carbocycles. The number of nitrogens with zero attached hydrogens (tertiary/aromatic N) is 5. The van der Waals surface area contributed by atoms with Crippen LogP contribution in [0.1, 0.15) is 58.9 Å². The third-order valence-electron chi connectivity index (χ3n) is 8.75. The minimum absolute atomic E-state index is 0.0193. The summed E-state index contributed by atoms with van der Waals surface area (Å²) in [4.78, 5) is 40.5. The Morgan fingerprint density at radius 3 is 2.49 bits per heavy atom. The normalized spacial score (nSPS) is 20.5. The van der Waals surface area contributed by atoms with Gasteiger partial charge >= 0.3 is 18.0 Å². The molecular weight excluding hydrogens is 570 g/mol. The lowest BCUT2D eigenvalue weighted by Gasteiger charge is -2.39. The number of benzene rings is 2. The van der Waals surface area contributed by atoms with Gasteiger partial charge in [-0.15, -0.1) is 0 Å². The summed E-state index contributed by atoms with van der Waals surface area (Å²) in [5.74, 6) is -0.515. The Bertz CT molecular complexity index is 1460. The molecule has 4 heterocycles. The fraction of sp³-hybridized carbons (Fsp3) is 0.438. The first-order chi connectivity index (χ1) is 20.9. The van der Waals surface area contributed by atoms with Gasteiger partial charge in [-0.3, -0.25) is 4.90 Å². The smallest absolute Gasteiger partial charge is 0.335 e. The van der Waals surface area contributed by atoms with Crippen LogP contribution in [0.3, 0.4) is 0 Å². The fourth-order valence-corrected chi connectivity index (χ4v) is 6.57. The number of hydrogen-bond acceptors (Lipinski definition) is 7. The Morgan fingerprint density at radius 1 is 1.07 bits per heavy atom. The molecular formula is C32H36ClN5O5. The van der Waals surface area contributed by atoms with E-state index in [0.717, 1.165) is 55.6 Å². The maximum Gasteiger partial charge on any atom is 0.335 e. The fourth-order valence-electron chi connectivity index (χ4n) is 6.37. The van der Waals surface area contributed by atoms with Crippen LogP contribution in [-0.4, -0.2) is 86.7 Å². The maximum absolute atomic E-state index is 13.9. The van der Waals surface area contributed by atoms with E-state index >= 15 is 0 Å². The molecule has 0 unspecified atom stereocenters. The number of rotatable bonds is 8. The SMILES string of the molecule is Cc1nc(Oc2ccc(C(=O)O)cc2)ncc1CN1CCC(N2C(=O)N(C3CCOCC3)C[C@H]2c2cccc(Cl)c2)CC1. The second kappa shape index (κ2) is 12.9. The number of aryl methyl sites for hydroxylation is 1. The summed E-state index contributed by atoms with van der Waals surface area (Å²) in [6.07, 6.45) is 5.32. The molecule has 3 aromatic rings. The summed E-state index contributed by atoms with van der Waals surface area (Å²) in [5, 5.41) is 9.77. The van der Waals surface area contributed by atoms with Crippen molar-refractivity contribution in [1.82, 2.24) is 24.7 Å². The summed E-state index contributed by atoms with van der Waals surface area (Å²) in [6, 6.07) is 14.8. The Labute approximate surface area is 256 Å². The second-order valence-corrected chi connectivity index (χ2v) is 11.9. The van der Waals surface area contributed by atoms with Gasteiger partial charge in [0.2, 0.25) is 0 Å². The highest BCUT2D eigenvalue weighted by atomic mass is 35.5. The van der Waals surface area contributed by atoms with Crippen molar-refractivity contribution in [2.45, 2.75) is 57.3 Å². The van der Waals surface area contributed by atoms with E-state index in [2.05, 4.69) is 30.7 Å². The molecule has 6 rings (SSSR count). The zero-order chi connectivity index (χ0) is 29.9. The van der Waals surface area contributed by atoms with Crippen LogP contribution in [-0.2, 0) is 11.3 Å². The Morgan fingerprint density at radius 2 is 1.81 bits per heavy atom. The van der Waals surface area contributed by atoms with E-state index in [1.54, 1.807) is 18.3 Å². The molecule has 3 saturated heterocycles. The highest BCUT2D eigenvalue weighted by Crippen LogP contribution is 2.38. The van der Waals surface area contributed by atoms with Crippen LogP contribution >= 0.6 is 11.6 Å². The lowest BCUT2D eigenvalue weighted by molar-refractivity contribution is 0.0493. The zero-order valence-corrected chi connectivity index (χ0v) is 24.9. The molecule has 0 saturated carbocycles. The van der Waals surface area contributed by atoms with Crippen molar-refractivity contribution in [3.8, 4) is 11.8 Å². The Balaban J connectivity index is 1.09. The van der Waals surface area contributed by atoms with Gasteiger partial charge in [0.05, 0.1) is 11.6 Å². The predicted molar refractivity (Wildman–Crippen MR) is 161 cm³/mol. The average Bonchev–Trinajstić information content (AvgIpc) is 3.36. The van der Waals surface area contributed by atoms with Crippen molar-refractivity contribution in [3.63, 3.8) is 0 Å². The largest absolute Gasteiger partial charge is 0.478 e. The Kier molecular flexibility index (Phi) is 8.78. The van der Waals surface area contributed by atoms with Crippen molar-refractivity contribution in [2.24, 2.45) is 0 Å². The number of ether oxygens (including phenoxy) is 2. The van der Waals surface area contributed by atoms with Crippen molar-refractivity contribution in [3.05, 3.63) is 82.1 Å². The molecule has 3 aliphatic rings. The highest BCUT2D eigenvalue weighted by Gasteiger charge is 2.45. The molecule has 1 aromatic heterocycles. The third-order valence-corrected chi connectivity index (χ3v) is 8.99. The highest BCUT2D eigenvalue weighted by molar-refractivity contribution is 6.30. The first kappa shape index (κ1) is 29.3. The van der Waals surface area contributed by atoms with E-state index in [4.69, 9.17) is 26.2 Å². The standard InChI is InChI=1S/C32H36ClN5O5/c1-21-24(18-34-31(35-21)43-28-7-5-22(6-8-28)30(39)40)19-36-13-9-27(10-14-36)38-29(23-3-2-4-25(33)17-23)20-37(32(38)41)26-11-15-42-16-12-26/h2-8,17-18,26-27,29H,9-16,19-20H2,1H3,(H,39,40)/t29-/m0/s1. The van der Waals surface area contributed by atoms with Crippen LogP contribution in [0.15, 0.2) is 54.7 Å². The molecule has 1 atom stereocenters. The van der Waals surface area contributed by atoms with Crippen LogP contribution in [0.5, 0.6) is 11.8 Å². The van der Waals surface area contributed by atoms with Gasteiger partial charge in [0, 0.05) is 74.0 Å². The molecule has 226 valence electrons. The van der Waals surface area contributed by atoms with Crippen molar-refractivity contribution >= 4 is 23.6 Å². The average molecular weight is 606 g/mol. The molecule has 0 radical (unpaired) electrons. The number of carbonyl (C=O) groups is 2.